The van der Waals surface area contributed by atoms with Crippen molar-refractivity contribution >= 4 is 18.0 Å². The molecule has 0 aromatic heterocycles. The van der Waals surface area contributed by atoms with Gasteiger partial charge in [0.2, 0.25) is 12.3 Å². The summed E-state index contributed by atoms with van der Waals surface area (Å²) in [4.78, 5) is 24.6. The lowest BCUT2D eigenvalue weighted by Gasteiger charge is -2.36. The van der Waals surface area contributed by atoms with E-state index in [0.29, 0.717) is 25.9 Å². The van der Waals surface area contributed by atoms with Gasteiger partial charge in [0.05, 0.1) is 5.41 Å². The molecule has 0 saturated carbocycles. The molecular formula is C13H14N2O2. The average molecular weight is 230 g/mol. The van der Waals surface area contributed by atoms with Crippen LogP contribution in [0.5, 0.6) is 0 Å². The van der Waals surface area contributed by atoms with Crippen molar-refractivity contribution in [3.05, 3.63) is 29.8 Å². The molecule has 0 radical (unpaired) electrons. The zero-order chi connectivity index (χ0) is 11.9. The molecule has 1 fully saturated rings. The second-order valence-electron chi connectivity index (χ2n) is 4.72. The molecule has 2 aliphatic heterocycles. The number of nitrogens with one attached hydrogen (secondary N) is 1. The molecule has 0 bridgehead atoms. The molecule has 1 saturated heterocycles. The van der Waals surface area contributed by atoms with Crippen LogP contribution < -0.4 is 5.32 Å². The highest BCUT2D eigenvalue weighted by atomic mass is 16.2. The number of para-hydroxylation sites is 1. The van der Waals surface area contributed by atoms with Crippen LogP contribution in [0.15, 0.2) is 24.3 Å². The van der Waals surface area contributed by atoms with Gasteiger partial charge in [-0.25, -0.2) is 0 Å². The van der Waals surface area contributed by atoms with Gasteiger partial charge < -0.3 is 10.2 Å². The van der Waals surface area contributed by atoms with Gasteiger partial charge in [0.25, 0.3) is 0 Å². The molecule has 88 valence electrons. The number of amides is 2. The Labute approximate surface area is 99.6 Å². The van der Waals surface area contributed by atoms with Crippen molar-refractivity contribution in [3.63, 3.8) is 0 Å². The molecule has 4 nitrogen and oxygen atoms in total. The van der Waals surface area contributed by atoms with Gasteiger partial charge in [0.1, 0.15) is 0 Å². The van der Waals surface area contributed by atoms with Crippen molar-refractivity contribution in [1.29, 1.82) is 0 Å². The van der Waals surface area contributed by atoms with Crippen LogP contribution in [0.1, 0.15) is 18.4 Å². The lowest BCUT2D eigenvalue weighted by Crippen LogP contribution is -2.45. The minimum absolute atomic E-state index is 0.0873. The van der Waals surface area contributed by atoms with Crippen LogP contribution in [0.3, 0.4) is 0 Å². The van der Waals surface area contributed by atoms with Gasteiger partial charge >= 0.3 is 0 Å². The summed E-state index contributed by atoms with van der Waals surface area (Å²) < 4.78 is 0. The van der Waals surface area contributed by atoms with E-state index in [4.69, 9.17) is 0 Å². The standard InChI is InChI=1S/C13H14N2O2/c16-9-15-7-5-13(6-8-15)10-3-1-2-4-11(10)14-12(13)17/h1-4,9H,5-8H2,(H,14,17). The van der Waals surface area contributed by atoms with Crippen LogP contribution in [-0.2, 0) is 15.0 Å². The molecule has 2 amide bonds. The second kappa shape index (κ2) is 3.58. The third-order valence-electron chi connectivity index (χ3n) is 3.93. The van der Waals surface area contributed by atoms with E-state index < -0.39 is 5.41 Å². The molecule has 1 spiro atoms. The van der Waals surface area contributed by atoms with Crippen LogP contribution in [0, 0.1) is 0 Å². The van der Waals surface area contributed by atoms with E-state index in [1.165, 1.54) is 0 Å². The molecule has 1 aromatic carbocycles. The maximum absolute atomic E-state index is 12.2. The van der Waals surface area contributed by atoms with Crippen LogP contribution in [0.2, 0.25) is 0 Å². The number of carbonyl (C=O) groups is 2. The van der Waals surface area contributed by atoms with E-state index in [9.17, 15) is 9.59 Å². The average Bonchev–Trinajstić information content (AvgIpc) is 2.64. The Hall–Kier alpha value is -1.84. The predicted molar refractivity (Wildman–Crippen MR) is 63.6 cm³/mol. The van der Waals surface area contributed by atoms with Crippen molar-refractivity contribution < 1.29 is 9.59 Å². The molecule has 3 rings (SSSR count). The lowest BCUT2D eigenvalue weighted by molar-refractivity contribution is -0.126. The van der Waals surface area contributed by atoms with Gasteiger partial charge in [-0.2, -0.15) is 0 Å². The Balaban J connectivity index is 1.98. The molecule has 1 aromatic rings. The van der Waals surface area contributed by atoms with Crippen molar-refractivity contribution in [3.8, 4) is 0 Å². The molecule has 2 heterocycles. The SMILES string of the molecule is O=CN1CCC2(CC1)C(=O)Nc1ccccc12. The summed E-state index contributed by atoms with van der Waals surface area (Å²) in [6.07, 6.45) is 2.30. The summed E-state index contributed by atoms with van der Waals surface area (Å²) in [5, 5.41) is 2.94. The number of piperidine rings is 1. The highest BCUT2D eigenvalue weighted by Crippen LogP contribution is 2.44. The maximum Gasteiger partial charge on any atom is 0.235 e. The molecule has 4 heteroatoms. The fourth-order valence-corrected chi connectivity index (χ4v) is 2.88. The Bertz CT molecular complexity index is 476. The van der Waals surface area contributed by atoms with E-state index in [0.717, 1.165) is 17.7 Å². The van der Waals surface area contributed by atoms with Crippen LogP contribution in [0.4, 0.5) is 5.69 Å². The highest BCUT2D eigenvalue weighted by Gasteiger charge is 2.47. The maximum atomic E-state index is 12.2. The fourth-order valence-electron chi connectivity index (χ4n) is 2.88. The summed E-state index contributed by atoms with van der Waals surface area (Å²) in [5.41, 5.74) is 1.61. The number of rotatable bonds is 1. The Morgan fingerprint density at radius 1 is 1.24 bits per heavy atom. The Morgan fingerprint density at radius 3 is 2.65 bits per heavy atom. The van der Waals surface area contributed by atoms with E-state index in [1.807, 2.05) is 24.3 Å². The number of benzene rings is 1. The molecule has 0 unspecified atom stereocenters. The van der Waals surface area contributed by atoms with Gasteiger partial charge in [-0.3, -0.25) is 9.59 Å². The van der Waals surface area contributed by atoms with Crippen molar-refractivity contribution in [2.24, 2.45) is 0 Å². The molecule has 2 aliphatic rings. The highest BCUT2D eigenvalue weighted by molar-refractivity contribution is 6.06. The summed E-state index contributed by atoms with van der Waals surface area (Å²) in [6, 6.07) is 7.85. The fraction of sp³-hybridized carbons (Fsp3) is 0.385. The minimum atomic E-state index is -0.407. The summed E-state index contributed by atoms with van der Waals surface area (Å²) >= 11 is 0. The number of fused-ring (bicyclic) bond motifs is 2. The van der Waals surface area contributed by atoms with Gasteiger partial charge in [-0.15, -0.1) is 0 Å². The number of carbonyl (C=O) groups excluding carboxylic acids is 2. The monoisotopic (exact) mass is 230 g/mol. The first-order valence-electron chi connectivity index (χ1n) is 5.86. The van der Waals surface area contributed by atoms with Gasteiger partial charge in [0.15, 0.2) is 0 Å². The third-order valence-corrected chi connectivity index (χ3v) is 3.93. The molecule has 0 aliphatic carbocycles. The lowest BCUT2D eigenvalue weighted by atomic mass is 9.74. The Morgan fingerprint density at radius 2 is 1.94 bits per heavy atom. The predicted octanol–water partition coefficient (Wildman–Crippen LogP) is 1.13. The van der Waals surface area contributed by atoms with E-state index in [1.54, 1.807) is 4.90 Å². The zero-order valence-corrected chi connectivity index (χ0v) is 9.48. The van der Waals surface area contributed by atoms with E-state index >= 15 is 0 Å². The summed E-state index contributed by atoms with van der Waals surface area (Å²) in [7, 11) is 0. The van der Waals surface area contributed by atoms with Gasteiger partial charge in [-0.1, -0.05) is 18.2 Å². The van der Waals surface area contributed by atoms with Crippen molar-refractivity contribution in [2.75, 3.05) is 18.4 Å². The van der Waals surface area contributed by atoms with E-state index in [2.05, 4.69) is 5.32 Å². The molecular weight excluding hydrogens is 216 g/mol. The minimum Gasteiger partial charge on any atom is -0.345 e. The smallest absolute Gasteiger partial charge is 0.235 e. The third kappa shape index (κ3) is 1.37. The number of hydrogen-bond donors (Lipinski definition) is 1. The largest absolute Gasteiger partial charge is 0.345 e. The van der Waals surface area contributed by atoms with Crippen LogP contribution >= 0.6 is 0 Å². The number of anilines is 1. The molecule has 17 heavy (non-hydrogen) atoms. The summed E-state index contributed by atoms with van der Waals surface area (Å²) in [5.74, 6) is 0.0873. The van der Waals surface area contributed by atoms with Gasteiger partial charge in [0, 0.05) is 18.8 Å². The molecule has 1 N–H and O–H groups in total. The second-order valence-corrected chi connectivity index (χ2v) is 4.72. The zero-order valence-electron chi connectivity index (χ0n) is 9.48. The molecule has 0 atom stereocenters. The first kappa shape index (κ1) is 10.3. The van der Waals surface area contributed by atoms with Crippen molar-refractivity contribution in [1.82, 2.24) is 4.90 Å². The quantitative estimate of drug-likeness (QED) is 0.735. The number of hydrogen-bond acceptors (Lipinski definition) is 2. The Kier molecular flexibility index (Phi) is 2.18. The number of nitrogens with zero attached hydrogens (tertiary/aromatic N) is 1. The van der Waals surface area contributed by atoms with Gasteiger partial charge in [-0.05, 0) is 24.5 Å². The first-order valence-corrected chi connectivity index (χ1v) is 5.86. The summed E-state index contributed by atoms with van der Waals surface area (Å²) in [6.45, 7) is 1.32. The van der Waals surface area contributed by atoms with E-state index in [-0.39, 0.29) is 5.91 Å². The normalized spacial score (nSPS) is 21.2. The number of likely N-dealkylation sites (tertiary alicyclic amines) is 1. The topological polar surface area (TPSA) is 49.4 Å². The first-order chi connectivity index (χ1) is 8.26. The van der Waals surface area contributed by atoms with Crippen LogP contribution in [-0.4, -0.2) is 30.3 Å². The van der Waals surface area contributed by atoms with Crippen LogP contribution in [0.25, 0.3) is 0 Å². The van der Waals surface area contributed by atoms with Crippen molar-refractivity contribution in [2.45, 2.75) is 18.3 Å².